The molecule has 3 nitrogen and oxygen atoms in total. The summed E-state index contributed by atoms with van der Waals surface area (Å²) in [6.07, 6.45) is 0. The van der Waals surface area contributed by atoms with E-state index in [0.29, 0.717) is 17.7 Å². The highest BCUT2D eigenvalue weighted by atomic mass is 32.2. The number of hydrogen-bond donors (Lipinski definition) is 0. The predicted octanol–water partition coefficient (Wildman–Crippen LogP) is 4.17. The standard InChI is InChI=1S/C18H17NO2S/c1-2-21-18(20)17-8-6-14(7-9-17)12-22-13-16-5-3-4-15(10-16)11-19/h3-10H,2,12-13H2,1H3. The van der Waals surface area contributed by atoms with Crippen LogP contribution in [0.4, 0.5) is 0 Å². The first-order valence-corrected chi connectivity index (χ1v) is 8.21. The number of carbonyl (C=O) groups excluding carboxylic acids is 1. The molecule has 2 aromatic rings. The van der Waals surface area contributed by atoms with Gasteiger partial charge in [0.15, 0.2) is 0 Å². The third-order valence-corrected chi connectivity index (χ3v) is 4.13. The van der Waals surface area contributed by atoms with E-state index < -0.39 is 0 Å². The SMILES string of the molecule is CCOC(=O)c1ccc(CSCc2cccc(C#N)c2)cc1. The van der Waals surface area contributed by atoms with E-state index in [1.807, 2.05) is 36.4 Å². The maximum Gasteiger partial charge on any atom is 0.338 e. The van der Waals surface area contributed by atoms with Gasteiger partial charge in [0, 0.05) is 11.5 Å². The van der Waals surface area contributed by atoms with Crippen molar-refractivity contribution in [2.75, 3.05) is 6.61 Å². The highest BCUT2D eigenvalue weighted by Crippen LogP contribution is 2.19. The van der Waals surface area contributed by atoms with Crippen LogP contribution in [0.2, 0.25) is 0 Å². The van der Waals surface area contributed by atoms with E-state index in [2.05, 4.69) is 6.07 Å². The number of thioether (sulfide) groups is 1. The van der Waals surface area contributed by atoms with Gasteiger partial charge in [-0.3, -0.25) is 0 Å². The lowest BCUT2D eigenvalue weighted by Gasteiger charge is -2.05. The van der Waals surface area contributed by atoms with Crippen LogP contribution in [0.25, 0.3) is 0 Å². The normalized spacial score (nSPS) is 10.0. The Morgan fingerprint density at radius 1 is 1.14 bits per heavy atom. The third-order valence-electron chi connectivity index (χ3n) is 3.06. The number of carbonyl (C=O) groups is 1. The lowest BCUT2D eigenvalue weighted by molar-refractivity contribution is 0.0526. The quantitative estimate of drug-likeness (QED) is 0.751. The maximum absolute atomic E-state index is 11.6. The summed E-state index contributed by atoms with van der Waals surface area (Å²) in [4.78, 5) is 11.6. The molecule has 0 aliphatic heterocycles. The molecule has 4 heteroatoms. The summed E-state index contributed by atoms with van der Waals surface area (Å²) < 4.78 is 4.96. The van der Waals surface area contributed by atoms with Crippen LogP contribution in [-0.4, -0.2) is 12.6 Å². The molecule has 0 fully saturated rings. The summed E-state index contributed by atoms with van der Waals surface area (Å²) in [6.45, 7) is 2.18. The molecule has 0 bridgehead atoms. The van der Waals surface area contributed by atoms with E-state index in [1.165, 1.54) is 0 Å². The molecule has 2 aromatic carbocycles. The van der Waals surface area contributed by atoms with Crippen molar-refractivity contribution >= 4 is 17.7 Å². The van der Waals surface area contributed by atoms with E-state index in [1.54, 1.807) is 30.8 Å². The van der Waals surface area contributed by atoms with Crippen molar-refractivity contribution in [2.24, 2.45) is 0 Å². The summed E-state index contributed by atoms with van der Waals surface area (Å²) in [5.41, 5.74) is 3.58. The van der Waals surface area contributed by atoms with Gasteiger partial charge in [0.1, 0.15) is 0 Å². The average Bonchev–Trinajstić information content (AvgIpc) is 2.56. The van der Waals surface area contributed by atoms with Gasteiger partial charge in [0.2, 0.25) is 0 Å². The van der Waals surface area contributed by atoms with Gasteiger partial charge < -0.3 is 4.74 Å². The number of rotatable bonds is 6. The Morgan fingerprint density at radius 3 is 2.55 bits per heavy atom. The summed E-state index contributed by atoms with van der Waals surface area (Å²) in [7, 11) is 0. The minimum atomic E-state index is -0.282. The second kappa shape index (κ2) is 8.26. The van der Waals surface area contributed by atoms with Crippen molar-refractivity contribution < 1.29 is 9.53 Å². The number of hydrogen-bond acceptors (Lipinski definition) is 4. The first kappa shape index (κ1) is 16.1. The average molecular weight is 311 g/mol. The minimum Gasteiger partial charge on any atom is -0.462 e. The fourth-order valence-corrected chi connectivity index (χ4v) is 2.91. The van der Waals surface area contributed by atoms with Crippen molar-refractivity contribution in [2.45, 2.75) is 18.4 Å². The largest absolute Gasteiger partial charge is 0.462 e. The van der Waals surface area contributed by atoms with Gasteiger partial charge in [0.05, 0.1) is 23.8 Å². The molecule has 0 radical (unpaired) electrons. The molecule has 0 aliphatic carbocycles. The van der Waals surface area contributed by atoms with Crippen LogP contribution in [0.5, 0.6) is 0 Å². The highest BCUT2D eigenvalue weighted by Gasteiger charge is 2.05. The van der Waals surface area contributed by atoms with Crippen LogP contribution < -0.4 is 0 Å². The maximum atomic E-state index is 11.6. The second-order valence-corrected chi connectivity index (χ2v) is 5.71. The summed E-state index contributed by atoms with van der Waals surface area (Å²) >= 11 is 1.78. The van der Waals surface area contributed by atoms with Crippen LogP contribution in [0.15, 0.2) is 48.5 Å². The fraction of sp³-hybridized carbons (Fsp3) is 0.222. The number of benzene rings is 2. The van der Waals surface area contributed by atoms with E-state index >= 15 is 0 Å². The van der Waals surface area contributed by atoms with Crippen LogP contribution in [0.1, 0.15) is 34.0 Å². The Balaban J connectivity index is 1.87. The van der Waals surface area contributed by atoms with E-state index in [9.17, 15) is 4.79 Å². The van der Waals surface area contributed by atoms with Crippen LogP contribution in [0, 0.1) is 11.3 Å². The van der Waals surface area contributed by atoms with Gasteiger partial charge in [-0.2, -0.15) is 17.0 Å². The number of esters is 1. The van der Waals surface area contributed by atoms with Crippen molar-refractivity contribution in [3.05, 3.63) is 70.8 Å². The van der Waals surface area contributed by atoms with Crippen molar-refractivity contribution in [1.29, 1.82) is 5.26 Å². The molecule has 0 unspecified atom stereocenters. The first-order valence-electron chi connectivity index (χ1n) is 7.05. The van der Waals surface area contributed by atoms with Gasteiger partial charge in [-0.25, -0.2) is 4.79 Å². The number of nitrogens with zero attached hydrogens (tertiary/aromatic N) is 1. The Bertz CT molecular complexity index is 674. The van der Waals surface area contributed by atoms with E-state index in [0.717, 1.165) is 22.6 Å². The van der Waals surface area contributed by atoms with Gasteiger partial charge in [-0.1, -0.05) is 24.3 Å². The zero-order chi connectivity index (χ0) is 15.8. The second-order valence-electron chi connectivity index (χ2n) is 4.72. The molecular weight excluding hydrogens is 294 g/mol. The molecular formula is C18H17NO2S. The molecule has 112 valence electrons. The predicted molar refractivity (Wildman–Crippen MR) is 88.6 cm³/mol. The Hall–Kier alpha value is -2.25. The lowest BCUT2D eigenvalue weighted by Crippen LogP contribution is -2.04. The van der Waals surface area contributed by atoms with Crippen molar-refractivity contribution in [3.63, 3.8) is 0 Å². The molecule has 0 spiro atoms. The van der Waals surface area contributed by atoms with Gasteiger partial charge in [-0.15, -0.1) is 0 Å². The molecule has 0 saturated heterocycles. The Kier molecular flexibility index (Phi) is 6.05. The summed E-state index contributed by atoms with van der Waals surface area (Å²) in [5.74, 6) is 1.43. The molecule has 0 N–H and O–H groups in total. The lowest BCUT2D eigenvalue weighted by atomic mass is 10.1. The molecule has 0 aliphatic rings. The van der Waals surface area contributed by atoms with Gasteiger partial charge >= 0.3 is 5.97 Å². The Labute approximate surface area is 134 Å². The van der Waals surface area contributed by atoms with Crippen LogP contribution in [-0.2, 0) is 16.2 Å². The summed E-state index contributed by atoms with van der Waals surface area (Å²) in [6, 6.07) is 17.3. The first-order chi connectivity index (χ1) is 10.7. The zero-order valence-corrected chi connectivity index (χ0v) is 13.2. The molecule has 22 heavy (non-hydrogen) atoms. The van der Waals surface area contributed by atoms with Crippen LogP contribution in [0.3, 0.4) is 0 Å². The highest BCUT2D eigenvalue weighted by molar-refractivity contribution is 7.97. The molecule has 0 saturated carbocycles. The number of ether oxygens (including phenoxy) is 1. The monoisotopic (exact) mass is 311 g/mol. The fourth-order valence-electron chi connectivity index (χ4n) is 1.97. The molecule has 0 atom stereocenters. The van der Waals surface area contributed by atoms with E-state index in [-0.39, 0.29) is 5.97 Å². The topological polar surface area (TPSA) is 50.1 Å². The number of nitriles is 1. The zero-order valence-electron chi connectivity index (χ0n) is 12.4. The molecule has 0 amide bonds. The van der Waals surface area contributed by atoms with Crippen molar-refractivity contribution in [1.82, 2.24) is 0 Å². The Morgan fingerprint density at radius 2 is 1.86 bits per heavy atom. The van der Waals surface area contributed by atoms with Crippen molar-refractivity contribution in [3.8, 4) is 6.07 Å². The smallest absolute Gasteiger partial charge is 0.338 e. The molecule has 0 heterocycles. The molecule has 0 aromatic heterocycles. The minimum absolute atomic E-state index is 0.282. The van der Waals surface area contributed by atoms with Crippen LogP contribution >= 0.6 is 11.8 Å². The third kappa shape index (κ3) is 4.64. The summed E-state index contributed by atoms with van der Waals surface area (Å²) in [5, 5.41) is 8.88. The van der Waals surface area contributed by atoms with Gasteiger partial charge in [-0.05, 0) is 42.3 Å². The molecule has 2 rings (SSSR count). The van der Waals surface area contributed by atoms with Gasteiger partial charge in [0.25, 0.3) is 0 Å². The van der Waals surface area contributed by atoms with E-state index in [4.69, 9.17) is 10.00 Å².